The lowest BCUT2D eigenvalue weighted by Crippen LogP contribution is -2.64. The summed E-state index contributed by atoms with van der Waals surface area (Å²) in [6.07, 6.45) is 12.6. The molecule has 1 aromatic heterocycles. The summed E-state index contributed by atoms with van der Waals surface area (Å²) in [5.74, 6) is 3.01. The van der Waals surface area contributed by atoms with Crippen LogP contribution in [0.4, 0.5) is 0 Å². The number of piperazine rings is 1. The highest BCUT2D eigenvalue weighted by atomic mass is 16.2. The number of aromatic amines is 1. The SMILES string of the molecule is N[C@@H](Cc1cnc[nH]1)C(=O)N1CCN(C23CC4CC(CC(C4)C2)C3)CC1. The molecule has 142 valence electrons. The van der Waals surface area contributed by atoms with Crippen LogP contribution in [0.15, 0.2) is 12.5 Å². The van der Waals surface area contributed by atoms with Crippen molar-refractivity contribution in [3.05, 3.63) is 18.2 Å². The summed E-state index contributed by atoms with van der Waals surface area (Å²) >= 11 is 0. The Balaban J connectivity index is 1.19. The highest BCUT2D eigenvalue weighted by Crippen LogP contribution is 2.57. The molecule has 0 unspecified atom stereocenters. The molecular formula is C20H31N5O. The van der Waals surface area contributed by atoms with Gasteiger partial charge in [0.05, 0.1) is 12.4 Å². The number of amides is 1. The van der Waals surface area contributed by atoms with E-state index in [0.29, 0.717) is 12.0 Å². The minimum absolute atomic E-state index is 0.0877. The van der Waals surface area contributed by atoms with Gasteiger partial charge in [-0.15, -0.1) is 0 Å². The lowest BCUT2D eigenvalue weighted by Gasteiger charge is -2.61. The highest BCUT2D eigenvalue weighted by molar-refractivity contribution is 5.82. The van der Waals surface area contributed by atoms with Gasteiger partial charge in [0.25, 0.3) is 0 Å². The van der Waals surface area contributed by atoms with E-state index in [2.05, 4.69) is 14.9 Å². The molecule has 1 atom stereocenters. The van der Waals surface area contributed by atoms with E-state index in [1.54, 1.807) is 12.5 Å². The number of H-pyrrole nitrogens is 1. The summed E-state index contributed by atoms with van der Waals surface area (Å²) in [7, 11) is 0. The first-order valence-electron chi connectivity index (χ1n) is 10.4. The largest absolute Gasteiger partial charge is 0.348 e. The molecule has 5 aliphatic rings. The lowest BCUT2D eigenvalue weighted by atomic mass is 9.52. The highest BCUT2D eigenvalue weighted by Gasteiger charge is 2.53. The average Bonchev–Trinajstić information content (AvgIpc) is 3.13. The Morgan fingerprint density at radius 3 is 2.31 bits per heavy atom. The second kappa shape index (κ2) is 6.34. The van der Waals surface area contributed by atoms with Gasteiger partial charge in [-0.25, -0.2) is 4.98 Å². The van der Waals surface area contributed by atoms with Crippen molar-refractivity contribution in [3.8, 4) is 0 Å². The predicted molar refractivity (Wildman–Crippen MR) is 99.3 cm³/mol. The van der Waals surface area contributed by atoms with Crippen LogP contribution >= 0.6 is 0 Å². The number of hydrogen-bond acceptors (Lipinski definition) is 4. The Morgan fingerprint density at radius 1 is 1.15 bits per heavy atom. The number of imidazole rings is 1. The zero-order valence-corrected chi connectivity index (χ0v) is 15.6. The van der Waals surface area contributed by atoms with Crippen molar-refractivity contribution in [2.75, 3.05) is 26.2 Å². The second-order valence-electron chi connectivity index (χ2n) is 9.34. The van der Waals surface area contributed by atoms with Crippen molar-refractivity contribution in [2.45, 2.75) is 56.5 Å². The number of hydrogen-bond donors (Lipinski definition) is 2. The Bertz CT molecular complexity index is 614. The van der Waals surface area contributed by atoms with Gasteiger partial charge >= 0.3 is 0 Å². The van der Waals surface area contributed by atoms with E-state index in [4.69, 9.17) is 5.73 Å². The molecule has 0 radical (unpaired) electrons. The summed E-state index contributed by atoms with van der Waals surface area (Å²) in [6.45, 7) is 3.71. The number of aromatic nitrogens is 2. The van der Waals surface area contributed by atoms with E-state index in [1.807, 2.05) is 4.90 Å². The van der Waals surface area contributed by atoms with Gasteiger partial charge in [-0.05, 0) is 56.3 Å². The fraction of sp³-hybridized carbons (Fsp3) is 0.800. The minimum Gasteiger partial charge on any atom is -0.348 e. The third-order valence-electron chi connectivity index (χ3n) is 7.58. The molecule has 5 fully saturated rings. The van der Waals surface area contributed by atoms with Crippen molar-refractivity contribution in [1.82, 2.24) is 19.8 Å². The molecule has 2 heterocycles. The molecule has 1 aromatic rings. The summed E-state index contributed by atoms with van der Waals surface area (Å²) < 4.78 is 0. The molecule has 6 heteroatoms. The van der Waals surface area contributed by atoms with Crippen molar-refractivity contribution in [1.29, 1.82) is 0 Å². The first-order valence-corrected chi connectivity index (χ1v) is 10.4. The van der Waals surface area contributed by atoms with Crippen LogP contribution in [0.25, 0.3) is 0 Å². The molecule has 4 saturated carbocycles. The molecule has 1 aliphatic heterocycles. The van der Waals surface area contributed by atoms with Gasteiger partial charge in [0.2, 0.25) is 5.91 Å². The molecule has 3 N–H and O–H groups in total. The molecule has 4 aliphatic carbocycles. The summed E-state index contributed by atoms with van der Waals surface area (Å²) in [6, 6.07) is -0.471. The smallest absolute Gasteiger partial charge is 0.239 e. The van der Waals surface area contributed by atoms with Crippen LogP contribution < -0.4 is 5.73 Å². The third kappa shape index (κ3) is 2.87. The van der Waals surface area contributed by atoms with Gasteiger partial charge in [0.15, 0.2) is 0 Å². The zero-order chi connectivity index (χ0) is 17.7. The van der Waals surface area contributed by atoms with Crippen molar-refractivity contribution in [3.63, 3.8) is 0 Å². The molecule has 1 saturated heterocycles. The van der Waals surface area contributed by atoms with Crippen LogP contribution in [0.5, 0.6) is 0 Å². The fourth-order valence-corrected chi connectivity index (χ4v) is 6.81. The summed E-state index contributed by atoms with van der Waals surface area (Å²) in [5, 5.41) is 0. The first kappa shape index (κ1) is 16.8. The molecule has 0 aromatic carbocycles. The van der Waals surface area contributed by atoms with Crippen molar-refractivity contribution in [2.24, 2.45) is 23.5 Å². The van der Waals surface area contributed by atoms with Crippen LogP contribution in [0, 0.1) is 17.8 Å². The molecule has 6 rings (SSSR count). The van der Waals surface area contributed by atoms with E-state index >= 15 is 0 Å². The van der Waals surface area contributed by atoms with Gasteiger partial charge in [-0.1, -0.05) is 0 Å². The van der Waals surface area contributed by atoms with E-state index < -0.39 is 6.04 Å². The standard InChI is InChI=1S/C20H31N5O/c21-18(8-17-12-22-13-23-17)19(26)24-1-3-25(4-2-24)20-9-14-5-15(10-20)7-16(6-14)11-20/h12-16,18H,1-11,21H2,(H,22,23)/t14?,15?,16?,18-,20?/m0/s1. The van der Waals surface area contributed by atoms with Crippen LogP contribution in [0.2, 0.25) is 0 Å². The lowest BCUT2D eigenvalue weighted by molar-refractivity contribution is -0.139. The van der Waals surface area contributed by atoms with Gasteiger partial charge in [-0.2, -0.15) is 0 Å². The number of rotatable bonds is 4. The average molecular weight is 358 g/mol. The maximum absolute atomic E-state index is 12.7. The molecular weight excluding hydrogens is 326 g/mol. The first-order chi connectivity index (χ1) is 12.6. The van der Waals surface area contributed by atoms with Gasteiger partial charge in [-0.3, -0.25) is 9.69 Å². The maximum atomic E-state index is 12.7. The molecule has 1 amide bonds. The monoisotopic (exact) mass is 357 g/mol. The van der Waals surface area contributed by atoms with Crippen LogP contribution in [-0.2, 0) is 11.2 Å². The number of nitrogens with two attached hydrogens (primary N) is 1. The molecule has 0 spiro atoms. The Labute approximate surface area is 155 Å². The van der Waals surface area contributed by atoms with Crippen LogP contribution in [0.3, 0.4) is 0 Å². The Kier molecular flexibility index (Phi) is 4.09. The predicted octanol–water partition coefficient (Wildman–Crippen LogP) is 1.39. The third-order valence-corrected chi connectivity index (χ3v) is 7.58. The number of carbonyl (C=O) groups is 1. The molecule has 26 heavy (non-hydrogen) atoms. The van der Waals surface area contributed by atoms with E-state index in [0.717, 1.165) is 49.6 Å². The quantitative estimate of drug-likeness (QED) is 0.854. The normalized spacial score (nSPS) is 37.9. The topological polar surface area (TPSA) is 78.2 Å². The Hall–Kier alpha value is -1.40. The van der Waals surface area contributed by atoms with E-state index in [-0.39, 0.29) is 5.91 Å². The van der Waals surface area contributed by atoms with E-state index in [1.165, 1.54) is 38.5 Å². The number of nitrogens with zero attached hydrogens (tertiary/aromatic N) is 3. The van der Waals surface area contributed by atoms with Crippen LogP contribution in [-0.4, -0.2) is 63.4 Å². The summed E-state index contributed by atoms with van der Waals surface area (Å²) in [5.41, 5.74) is 7.56. The summed E-state index contributed by atoms with van der Waals surface area (Å²) in [4.78, 5) is 24.5. The fourth-order valence-electron chi connectivity index (χ4n) is 6.81. The minimum atomic E-state index is -0.471. The van der Waals surface area contributed by atoms with Gasteiger partial charge < -0.3 is 15.6 Å². The molecule has 6 nitrogen and oxygen atoms in total. The van der Waals surface area contributed by atoms with Crippen molar-refractivity contribution >= 4 is 5.91 Å². The number of carbonyl (C=O) groups excluding carboxylic acids is 1. The van der Waals surface area contributed by atoms with Crippen LogP contribution in [0.1, 0.15) is 44.2 Å². The van der Waals surface area contributed by atoms with Gasteiger partial charge in [0.1, 0.15) is 0 Å². The second-order valence-corrected chi connectivity index (χ2v) is 9.34. The molecule has 4 bridgehead atoms. The number of nitrogens with one attached hydrogen (secondary N) is 1. The van der Waals surface area contributed by atoms with Gasteiger partial charge in [0, 0.05) is 50.0 Å². The maximum Gasteiger partial charge on any atom is 0.239 e. The Morgan fingerprint density at radius 2 is 1.77 bits per heavy atom. The van der Waals surface area contributed by atoms with Crippen molar-refractivity contribution < 1.29 is 4.79 Å². The van der Waals surface area contributed by atoms with E-state index in [9.17, 15) is 4.79 Å². The zero-order valence-electron chi connectivity index (χ0n) is 15.6.